The van der Waals surface area contributed by atoms with Gasteiger partial charge >= 0.3 is 0 Å². The molecule has 0 atom stereocenters. The number of ether oxygens (including phenoxy) is 1. The number of nitrogens with two attached hydrogens (primary N) is 1. The zero-order chi connectivity index (χ0) is 14.5. The summed E-state index contributed by atoms with van der Waals surface area (Å²) in [6, 6.07) is 5.20. The second kappa shape index (κ2) is 6.01. The maximum atomic E-state index is 12.1. The largest absolute Gasteiger partial charge is 0.481 e. The summed E-state index contributed by atoms with van der Waals surface area (Å²) in [5.41, 5.74) is 8.13. The number of carbonyl (C=O) groups excluding carboxylic acids is 1. The summed E-state index contributed by atoms with van der Waals surface area (Å²) in [5.74, 6) is 0.302. The quantitative estimate of drug-likeness (QED) is 0.875. The fourth-order valence-electron chi connectivity index (χ4n) is 1.73. The molecule has 0 aliphatic rings. The topological polar surface area (TPSA) is 90.1 Å². The molecule has 2 aromatic heterocycles. The highest BCUT2D eigenvalue weighted by molar-refractivity contribution is 5.95. The van der Waals surface area contributed by atoms with E-state index in [0.717, 1.165) is 5.56 Å². The third-order valence-electron chi connectivity index (χ3n) is 2.81. The lowest BCUT2D eigenvalue weighted by atomic mass is 10.1. The molecule has 20 heavy (non-hydrogen) atoms. The predicted molar refractivity (Wildman–Crippen MR) is 75.3 cm³/mol. The molecular weight excluding hydrogens is 256 g/mol. The van der Waals surface area contributed by atoms with Gasteiger partial charge in [0.1, 0.15) is 0 Å². The monoisotopic (exact) mass is 272 g/mol. The van der Waals surface area contributed by atoms with E-state index in [0.29, 0.717) is 29.4 Å². The van der Waals surface area contributed by atoms with Gasteiger partial charge in [0.25, 0.3) is 5.91 Å². The molecule has 0 fully saturated rings. The van der Waals surface area contributed by atoms with Crippen molar-refractivity contribution in [2.75, 3.05) is 12.8 Å². The highest BCUT2D eigenvalue weighted by Gasteiger charge is 2.10. The van der Waals surface area contributed by atoms with Gasteiger partial charge in [-0.3, -0.25) is 9.78 Å². The SMILES string of the molecule is COc1cc(CNC(=O)c2cc(N)cnc2C)ccn1. The van der Waals surface area contributed by atoms with Gasteiger partial charge in [0, 0.05) is 18.8 Å². The summed E-state index contributed by atoms with van der Waals surface area (Å²) in [6.45, 7) is 2.15. The lowest BCUT2D eigenvalue weighted by Crippen LogP contribution is -2.24. The van der Waals surface area contributed by atoms with Crippen molar-refractivity contribution in [1.29, 1.82) is 0 Å². The summed E-state index contributed by atoms with van der Waals surface area (Å²) in [4.78, 5) is 20.2. The van der Waals surface area contributed by atoms with Crippen LogP contribution in [0, 0.1) is 6.92 Å². The minimum Gasteiger partial charge on any atom is -0.481 e. The second-order valence-electron chi connectivity index (χ2n) is 4.29. The number of nitrogen functional groups attached to an aromatic ring is 1. The van der Waals surface area contributed by atoms with Gasteiger partial charge in [-0.05, 0) is 24.6 Å². The molecule has 0 saturated carbocycles. The van der Waals surface area contributed by atoms with Gasteiger partial charge < -0.3 is 15.8 Å². The van der Waals surface area contributed by atoms with Crippen molar-refractivity contribution in [2.45, 2.75) is 13.5 Å². The molecule has 0 radical (unpaired) electrons. The van der Waals surface area contributed by atoms with E-state index >= 15 is 0 Å². The van der Waals surface area contributed by atoms with Gasteiger partial charge in [-0.2, -0.15) is 0 Å². The zero-order valence-corrected chi connectivity index (χ0v) is 11.4. The van der Waals surface area contributed by atoms with E-state index in [2.05, 4.69) is 15.3 Å². The molecule has 6 nitrogen and oxygen atoms in total. The van der Waals surface area contributed by atoms with Crippen LogP contribution >= 0.6 is 0 Å². The molecule has 1 amide bonds. The summed E-state index contributed by atoms with van der Waals surface area (Å²) in [7, 11) is 1.55. The Labute approximate surface area is 117 Å². The molecular formula is C14H16N4O2. The standard InChI is InChI=1S/C14H16N4O2/c1-9-12(6-11(15)8-17-9)14(19)18-7-10-3-4-16-13(5-10)20-2/h3-6,8H,7,15H2,1-2H3,(H,18,19). The van der Waals surface area contributed by atoms with Crippen LogP contribution in [0.5, 0.6) is 5.88 Å². The van der Waals surface area contributed by atoms with E-state index in [-0.39, 0.29) is 5.91 Å². The molecule has 6 heteroatoms. The smallest absolute Gasteiger partial charge is 0.253 e. The van der Waals surface area contributed by atoms with Crippen molar-refractivity contribution < 1.29 is 9.53 Å². The van der Waals surface area contributed by atoms with Gasteiger partial charge in [-0.1, -0.05) is 0 Å². The number of aryl methyl sites for hydroxylation is 1. The first-order valence-corrected chi connectivity index (χ1v) is 6.09. The fourth-order valence-corrected chi connectivity index (χ4v) is 1.73. The van der Waals surface area contributed by atoms with Crippen LogP contribution in [0.4, 0.5) is 5.69 Å². The molecule has 2 rings (SSSR count). The lowest BCUT2D eigenvalue weighted by Gasteiger charge is -2.08. The summed E-state index contributed by atoms with van der Waals surface area (Å²) < 4.78 is 5.03. The molecule has 2 heterocycles. The van der Waals surface area contributed by atoms with Gasteiger partial charge in [0.2, 0.25) is 5.88 Å². The van der Waals surface area contributed by atoms with E-state index < -0.39 is 0 Å². The molecule has 0 bridgehead atoms. The van der Waals surface area contributed by atoms with Gasteiger partial charge in [0.05, 0.1) is 30.3 Å². The molecule has 0 aliphatic heterocycles. The predicted octanol–water partition coefficient (Wildman–Crippen LogP) is 1.31. The van der Waals surface area contributed by atoms with Crippen molar-refractivity contribution >= 4 is 11.6 Å². The number of amides is 1. The van der Waals surface area contributed by atoms with Crippen LogP contribution in [0.25, 0.3) is 0 Å². The Balaban J connectivity index is 2.06. The minimum atomic E-state index is -0.210. The van der Waals surface area contributed by atoms with Crippen LogP contribution < -0.4 is 15.8 Å². The van der Waals surface area contributed by atoms with E-state index in [1.54, 1.807) is 32.4 Å². The second-order valence-corrected chi connectivity index (χ2v) is 4.29. The van der Waals surface area contributed by atoms with Crippen molar-refractivity contribution in [2.24, 2.45) is 0 Å². The molecule has 0 saturated heterocycles. The number of nitrogens with zero attached hydrogens (tertiary/aromatic N) is 2. The van der Waals surface area contributed by atoms with E-state index in [4.69, 9.17) is 10.5 Å². The third kappa shape index (κ3) is 3.23. The van der Waals surface area contributed by atoms with Gasteiger partial charge in [0.15, 0.2) is 0 Å². The summed E-state index contributed by atoms with van der Waals surface area (Å²) in [5, 5.41) is 2.82. The Bertz CT molecular complexity index is 628. The lowest BCUT2D eigenvalue weighted by molar-refractivity contribution is 0.0950. The van der Waals surface area contributed by atoms with Crippen LogP contribution in [0.2, 0.25) is 0 Å². The van der Waals surface area contributed by atoms with Gasteiger partial charge in [-0.15, -0.1) is 0 Å². The van der Waals surface area contributed by atoms with Crippen LogP contribution in [0.1, 0.15) is 21.6 Å². The van der Waals surface area contributed by atoms with Crippen molar-refractivity contribution in [3.8, 4) is 5.88 Å². The number of pyridine rings is 2. The average Bonchev–Trinajstić information content (AvgIpc) is 2.47. The number of aromatic nitrogens is 2. The summed E-state index contributed by atoms with van der Waals surface area (Å²) in [6.07, 6.45) is 3.16. The first-order chi connectivity index (χ1) is 9.60. The number of carbonyl (C=O) groups is 1. The first-order valence-electron chi connectivity index (χ1n) is 6.09. The Morgan fingerprint density at radius 1 is 1.40 bits per heavy atom. The molecule has 104 valence electrons. The Kier molecular flexibility index (Phi) is 4.14. The highest BCUT2D eigenvalue weighted by atomic mass is 16.5. The number of hydrogen-bond donors (Lipinski definition) is 2. The highest BCUT2D eigenvalue weighted by Crippen LogP contribution is 2.11. The minimum absolute atomic E-state index is 0.210. The Hall–Kier alpha value is -2.63. The molecule has 0 aromatic carbocycles. The molecule has 0 aliphatic carbocycles. The number of rotatable bonds is 4. The van der Waals surface area contributed by atoms with Crippen LogP contribution in [-0.2, 0) is 6.54 Å². The normalized spacial score (nSPS) is 10.1. The molecule has 3 N–H and O–H groups in total. The van der Waals surface area contributed by atoms with E-state index in [1.807, 2.05) is 6.07 Å². The molecule has 2 aromatic rings. The average molecular weight is 272 g/mol. The van der Waals surface area contributed by atoms with Crippen molar-refractivity contribution in [3.63, 3.8) is 0 Å². The van der Waals surface area contributed by atoms with Crippen molar-refractivity contribution in [1.82, 2.24) is 15.3 Å². The first kappa shape index (κ1) is 13.8. The van der Waals surface area contributed by atoms with Gasteiger partial charge in [-0.25, -0.2) is 4.98 Å². The van der Waals surface area contributed by atoms with E-state index in [9.17, 15) is 4.79 Å². The third-order valence-corrected chi connectivity index (χ3v) is 2.81. The summed E-state index contributed by atoms with van der Waals surface area (Å²) >= 11 is 0. The maximum Gasteiger partial charge on any atom is 0.253 e. The number of nitrogens with one attached hydrogen (secondary N) is 1. The van der Waals surface area contributed by atoms with Crippen molar-refractivity contribution in [3.05, 3.63) is 47.4 Å². The Morgan fingerprint density at radius 3 is 2.95 bits per heavy atom. The Morgan fingerprint density at radius 2 is 2.20 bits per heavy atom. The number of anilines is 1. The van der Waals surface area contributed by atoms with Crippen LogP contribution in [0.15, 0.2) is 30.6 Å². The fraction of sp³-hybridized carbons (Fsp3) is 0.214. The maximum absolute atomic E-state index is 12.1. The molecule has 0 unspecified atom stereocenters. The number of hydrogen-bond acceptors (Lipinski definition) is 5. The van der Waals surface area contributed by atoms with E-state index in [1.165, 1.54) is 6.20 Å². The zero-order valence-electron chi connectivity index (χ0n) is 11.4. The number of methoxy groups -OCH3 is 1. The molecule has 0 spiro atoms. The van der Waals surface area contributed by atoms with Crippen LogP contribution in [0.3, 0.4) is 0 Å². The van der Waals surface area contributed by atoms with Crippen LogP contribution in [-0.4, -0.2) is 23.0 Å².